The minimum absolute atomic E-state index is 0.102. The third-order valence-electron chi connectivity index (χ3n) is 8.68. The van der Waals surface area contributed by atoms with Crippen molar-refractivity contribution >= 4 is 17.3 Å². The highest BCUT2D eigenvalue weighted by Gasteiger charge is 2.45. The van der Waals surface area contributed by atoms with E-state index in [4.69, 9.17) is 15.4 Å². The minimum atomic E-state index is -4.64. The summed E-state index contributed by atoms with van der Waals surface area (Å²) >= 11 is 0. The summed E-state index contributed by atoms with van der Waals surface area (Å²) in [5.41, 5.74) is 13.0. The number of aromatic carboxylic acids is 1. The Morgan fingerprint density at radius 1 is 1.15 bits per heavy atom. The molecule has 9 nitrogen and oxygen atoms in total. The Morgan fingerprint density at radius 3 is 2.49 bits per heavy atom. The smallest absolute Gasteiger partial charge is 0.422 e. The highest BCUT2D eigenvalue weighted by Crippen LogP contribution is 2.49. The van der Waals surface area contributed by atoms with Gasteiger partial charge in [-0.05, 0) is 47.1 Å². The Kier molecular flexibility index (Phi) is 8.09. The van der Waals surface area contributed by atoms with Crippen molar-refractivity contribution in [2.24, 2.45) is 5.92 Å². The third-order valence-corrected chi connectivity index (χ3v) is 8.68. The van der Waals surface area contributed by atoms with E-state index in [1.54, 1.807) is 0 Å². The van der Waals surface area contributed by atoms with Crippen LogP contribution >= 0.6 is 0 Å². The first-order valence-electron chi connectivity index (χ1n) is 15.0. The number of hydrogen-bond acceptors (Lipinski definition) is 8. The molecule has 1 atom stereocenters. The lowest BCUT2D eigenvalue weighted by Gasteiger charge is -2.40. The largest absolute Gasteiger partial charge is 0.482 e. The molecule has 1 aliphatic heterocycles. The molecule has 4 aromatic rings. The third kappa shape index (κ3) is 6.72. The molecule has 0 unspecified atom stereocenters. The van der Waals surface area contributed by atoms with Crippen molar-refractivity contribution in [3.05, 3.63) is 82.8 Å². The van der Waals surface area contributed by atoms with E-state index in [0.29, 0.717) is 5.89 Å². The summed E-state index contributed by atoms with van der Waals surface area (Å²) < 4.78 is 71.9. The van der Waals surface area contributed by atoms with Crippen LogP contribution in [0.5, 0.6) is 5.75 Å². The number of aryl methyl sites for hydroxylation is 1. The first kappa shape index (κ1) is 32.2. The molecule has 0 spiro atoms. The quantitative estimate of drug-likeness (QED) is 0.137. The fourth-order valence-electron chi connectivity index (χ4n) is 6.20. The highest BCUT2D eigenvalue weighted by molar-refractivity contribution is 5.86. The monoisotopic (exact) mass is 657 g/mol. The second-order valence-corrected chi connectivity index (χ2v) is 12.5. The Balaban J connectivity index is 0.000000169. The molecule has 0 amide bonds. The predicted molar refractivity (Wildman–Crippen MR) is 162 cm³/mol. The molecule has 2 aliphatic carbocycles. The van der Waals surface area contributed by atoms with Crippen molar-refractivity contribution in [1.29, 1.82) is 0 Å². The zero-order valence-corrected chi connectivity index (χ0v) is 25.6. The molecule has 0 radical (unpaired) electrons. The molecule has 2 fully saturated rings. The molecule has 0 bridgehead atoms. The molecule has 1 saturated heterocycles. The number of aromatic nitrogens is 3. The van der Waals surface area contributed by atoms with Crippen LogP contribution in [0.2, 0.25) is 0 Å². The van der Waals surface area contributed by atoms with Crippen LogP contribution in [0.3, 0.4) is 0 Å². The lowest BCUT2D eigenvalue weighted by atomic mass is 9.75. The number of benzene rings is 2. The molecular formula is C33H32F5N5O4. The summed E-state index contributed by atoms with van der Waals surface area (Å²) in [6.45, 7) is 1.02. The number of halogens is 5. The molecule has 14 heteroatoms. The van der Waals surface area contributed by atoms with E-state index in [9.17, 15) is 26.7 Å². The first-order valence-corrected chi connectivity index (χ1v) is 15.0. The van der Waals surface area contributed by atoms with Crippen molar-refractivity contribution in [2.75, 3.05) is 30.3 Å². The van der Waals surface area contributed by atoms with Gasteiger partial charge in [-0.15, -0.1) is 0 Å². The Hall–Kier alpha value is -4.75. The van der Waals surface area contributed by atoms with E-state index >= 15 is 0 Å². The van der Waals surface area contributed by atoms with Gasteiger partial charge in [-0.2, -0.15) is 18.2 Å². The molecule has 2 aromatic heterocycles. The number of hydrogen-bond donors (Lipinski definition) is 2. The van der Waals surface area contributed by atoms with Gasteiger partial charge >= 0.3 is 12.1 Å². The fraction of sp³-hybridized carbons (Fsp3) is 0.394. The number of ether oxygens (including phenoxy) is 1. The molecule has 7 rings (SSSR count). The summed E-state index contributed by atoms with van der Waals surface area (Å²) in [5, 5.41) is 13.0. The van der Waals surface area contributed by atoms with Gasteiger partial charge in [0, 0.05) is 25.1 Å². The summed E-state index contributed by atoms with van der Waals surface area (Å²) in [5.74, 6) is -2.77. The first-order chi connectivity index (χ1) is 22.1. The van der Waals surface area contributed by atoms with E-state index in [-0.39, 0.29) is 11.1 Å². The molecule has 1 saturated carbocycles. The molecule has 2 aromatic carbocycles. The number of carbonyl (C=O) groups is 1. The summed E-state index contributed by atoms with van der Waals surface area (Å²) in [6.07, 6.45) is 0.747. The maximum absolute atomic E-state index is 12.8. The maximum atomic E-state index is 12.8. The van der Waals surface area contributed by atoms with Crippen LogP contribution < -0.4 is 15.4 Å². The molecule has 3 heterocycles. The number of fused-ring (bicyclic) bond motifs is 3. The molecular weight excluding hydrogens is 625 g/mol. The van der Waals surface area contributed by atoms with Gasteiger partial charge in [0.05, 0.1) is 30.4 Å². The lowest BCUT2D eigenvalue weighted by molar-refractivity contribution is -0.153. The van der Waals surface area contributed by atoms with Crippen LogP contribution in [0, 0.1) is 12.8 Å². The number of carboxylic acid groups (broad SMARTS) is 1. The SMILES string of the molecule is Cc1nc([C@@](C)(CC2CC2)c2ccc3c(c2N)Cc2ccccc2-3)no1.O=C(O)c1cc(OCC(F)(F)F)c(N2CC(F)(F)C2)cn1. The van der Waals surface area contributed by atoms with Crippen LogP contribution in [0.25, 0.3) is 11.1 Å². The number of rotatable bonds is 8. The van der Waals surface area contributed by atoms with E-state index in [1.807, 2.05) is 6.92 Å². The second-order valence-electron chi connectivity index (χ2n) is 12.5. The van der Waals surface area contributed by atoms with Crippen LogP contribution in [0.4, 0.5) is 33.3 Å². The minimum Gasteiger partial charge on any atom is -0.482 e. The van der Waals surface area contributed by atoms with E-state index in [2.05, 4.69) is 63.2 Å². The van der Waals surface area contributed by atoms with Gasteiger partial charge in [0.15, 0.2) is 18.1 Å². The summed E-state index contributed by atoms with van der Waals surface area (Å²) in [7, 11) is 0. The normalized spacial score (nSPS) is 17.5. The number of nitrogen functional groups attached to an aromatic ring is 1. The summed E-state index contributed by atoms with van der Waals surface area (Å²) in [6, 6.07) is 13.8. The van der Waals surface area contributed by atoms with E-state index < -0.39 is 49.2 Å². The van der Waals surface area contributed by atoms with Crippen molar-refractivity contribution in [3.63, 3.8) is 0 Å². The number of nitrogens with zero attached hydrogens (tertiary/aromatic N) is 4. The van der Waals surface area contributed by atoms with Crippen LogP contribution in [0.15, 0.2) is 53.2 Å². The Labute approximate surface area is 266 Å². The highest BCUT2D eigenvalue weighted by atomic mass is 19.4. The van der Waals surface area contributed by atoms with E-state index in [1.165, 1.54) is 35.1 Å². The van der Waals surface area contributed by atoms with Gasteiger partial charge in [-0.3, -0.25) is 0 Å². The predicted octanol–water partition coefficient (Wildman–Crippen LogP) is 6.81. The van der Waals surface area contributed by atoms with Gasteiger partial charge < -0.3 is 25.0 Å². The number of nitrogens with two attached hydrogens (primary N) is 1. The van der Waals surface area contributed by atoms with Gasteiger partial charge in [-0.1, -0.05) is 54.4 Å². The molecule has 3 aliphatic rings. The average molecular weight is 658 g/mol. The van der Waals surface area contributed by atoms with Crippen molar-refractivity contribution in [1.82, 2.24) is 15.1 Å². The number of carboxylic acids is 1. The van der Waals surface area contributed by atoms with E-state index in [0.717, 1.165) is 53.0 Å². The maximum Gasteiger partial charge on any atom is 0.422 e. The fourth-order valence-corrected chi connectivity index (χ4v) is 6.20. The molecule has 3 N–H and O–H groups in total. The number of pyridine rings is 1. The zero-order valence-electron chi connectivity index (χ0n) is 25.6. The summed E-state index contributed by atoms with van der Waals surface area (Å²) in [4.78, 5) is 19.9. The number of anilines is 2. The van der Waals surface area contributed by atoms with Crippen LogP contribution in [0.1, 0.15) is 65.1 Å². The standard InChI is InChI=1S/C22H23N3O.C11H9F5N2O3/c1-13-24-21(25-26-13)22(2,12-14-7-8-14)19-10-9-17-16-6-4-3-5-15(16)11-18(17)20(19)23;12-10(13)3-18(4-10)7-2-17-6(9(19)20)1-8(7)21-5-11(14,15)16/h3-6,9-10,14H,7-8,11-12,23H2,1-2H3;1-2H,3-5H2,(H,19,20)/t22-;/m0./s1. The van der Waals surface area contributed by atoms with Crippen molar-refractivity contribution in [3.8, 4) is 16.9 Å². The second kappa shape index (κ2) is 11.8. The number of alkyl halides is 5. The van der Waals surface area contributed by atoms with Crippen LogP contribution in [-0.4, -0.2) is 58.0 Å². The van der Waals surface area contributed by atoms with Gasteiger partial charge in [-0.25, -0.2) is 18.6 Å². The average Bonchev–Trinajstić information content (AvgIpc) is 3.55. The lowest BCUT2D eigenvalue weighted by Crippen LogP contribution is -2.56. The van der Waals surface area contributed by atoms with Gasteiger partial charge in [0.25, 0.3) is 5.92 Å². The Bertz CT molecular complexity index is 1820. The van der Waals surface area contributed by atoms with Crippen molar-refractivity contribution in [2.45, 2.75) is 57.0 Å². The van der Waals surface area contributed by atoms with Gasteiger partial charge in [0.2, 0.25) is 5.89 Å². The van der Waals surface area contributed by atoms with Gasteiger partial charge in [0.1, 0.15) is 5.75 Å². The van der Waals surface area contributed by atoms with Crippen molar-refractivity contribution < 1.29 is 41.1 Å². The topological polar surface area (TPSA) is 128 Å². The molecule has 248 valence electrons. The Morgan fingerprint density at radius 2 is 1.87 bits per heavy atom. The molecule has 47 heavy (non-hydrogen) atoms. The zero-order chi connectivity index (χ0) is 33.7. The van der Waals surface area contributed by atoms with Crippen LogP contribution in [-0.2, 0) is 11.8 Å².